The number of aromatic nitrogens is 3. The fourth-order valence-corrected chi connectivity index (χ4v) is 2.66. The predicted octanol–water partition coefficient (Wildman–Crippen LogP) is 3.24. The van der Waals surface area contributed by atoms with Gasteiger partial charge in [0.25, 0.3) is 0 Å². The maximum atomic E-state index is 11.7. The molecule has 2 rings (SSSR count). The second kappa shape index (κ2) is 7.49. The molecule has 7 heteroatoms. The molecule has 0 N–H and O–H groups in total. The SMILES string of the molecule is CC(C)Cn1c(SCC(=O)OC(C)C)nnc1-c1ccco1. The van der Waals surface area contributed by atoms with Gasteiger partial charge in [0.15, 0.2) is 16.7 Å². The molecule has 0 aliphatic carbocycles. The van der Waals surface area contributed by atoms with Gasteiger partial charge in [0.1, 0.15) is 0 Å². The van der Waals surface area contributed by atoms with E-state index in [0.717, 1.165) is 6.54 Å². The zero-order valence-electron chi connectivity index (χ0n) is 13.3. The molecule has 0 bridgehead atoms. The summed E-state index contributed by atoms with van der Waals surface area (Å²) < 4.78 is 12.5. The van der Waals surface area contributed by atoms with Crippen molar-refractivity contribution in [3.8, 4) is 11.6 Å². The standard InChI is InChI=1S/C15H21N3O3S/c1-10(2)8-18-14(12-6-5-7-20-12)16-17-15(18)22-9-13(19)21-11(3)4/h5-7,10-11H,8-9H2,1-4H3. The van der Waals surface area contributed by atoms with Crippen LogP contribution >= 0.6 is 11.8 Å². The first-order valence-corrected chi connectivity index (χ1v) is 8.25. The minimum atomic E-state index is -0.251. The van der Waals surface area contributed by atoms with Gasteiger partial charge in [-0.2, -0.15) is 0 Å². The van der Waals surface area contributed by atoms with Gasteiger partial charge in [0.2, 0.25) is 0 Å². The Hall–Kier alpha value is -1.76. The number of esters is 1. The van der Waals surface area contributed by atoms with Crippen molar-refractivity contribution in [2.45, 2.75) is 45.5 Å². The normalized spacial score (nSPS) is 11.4. The van der Waals surface area contributed by atoms with Gasteiger partial charge >= 0.3 is 5.97 Å². The highest BCUT2D eigenvalue weighted by Crippen LogP contribution is 2.25. The Morgan fingerprint density at radius 3 is 2.73 bits per heavy atom. The van der Waals surface area contributed by atoms with E-state index in [2.05, 4.69) is 24.0 Å². The molecule has 22 heavy (non-hydrogen) atoms. The summed E-state index contributed by atoms with van der Waals surface area (Å²) >= 11 is 1.33. The van der Waals surface area contributed by atoms with Crippen molar-refractivity contribution in [3.05, 3.63) is 18.4 Å². The van der Waals surface area contributed by atoms with Gasteiger partial charge in [-0.05, 0) is 31.9 Å². The zero-order valence-corrected chi connectivity index (χ0v) is 14.1. The largest absolute Gasteiger partial charge is 0.462 e. The highest BCUT2D eigenvalue weighted by atomic mass is 32.2. The van der Waals surface area contributed by atoms with Crippen LogP contribution in [-0.2, 0) is 16.1 Å². The van der Waals surface area contributed by atoms with Gasteiger partial charge in [-0.1, -0.05) is 25.6 Å². The van der Waals surface area contributed by atoms with E-state index in [9.17, 15) is 4.79 Å². The van der Waals surface area contributed by atoms with Crippen LogP contribution in [0.5, 0.6) is 0 Å². The summed E-state index contributed by atoms with van der Waals surface area (Å²) in [5.41, 5.74) is 0. The number of carbonyl (C=O) groups is 1. The van der Waals surface area contributed by atoms with Crippen LogP contribution < -0.4 is 0 Å². The van der Waals surface area contributed by atoms with Gasteiger partial charge in [-0.3, -0.25) is 9.36 Å². The average Bonchev–Trinajstić information content (AvgIpc) is 3.04. The zero-order chi connectivity index (χ0) is 16.1. The topological polar surface area (TPSA) is 70.2 Å². The lowest BCUT2D eigenvalue weighted by Crippen LogP contribution is -2.14. The Bertz CT molecular complexity index is 606. The van der Waals surface area contributed by atoms with Gasteiger partial charge in [-0.15, -0.1) is 10.2 Å². The monoisotopic (exact) mass is 323 g/mol. The number of hydrogen-bond donors (Lipinski definition) is 0. The van der Waals surface area contributed by atoms with Crippen molar-refractivity contribution in [2.24, 2.45) is 5.92 Å². The number of ether oxygens (including phenoxy) is 1. The third-order valence-corrected chi connectivity index (χ3v) is 3.63. The maximum absolute atomic E-state index is 11.7. The van der Waals surface area contributed by atoms with Crippen LogP contribution in [-0.4, -0.2) is 32.6 Å². The smallest absolute Gasteiger partial charge is 0.316 e. The van der Waals surface area contributed by atoms with E-state index in [1.165, 1.54) is 11.8 Å². The van der Waals surface area contributed by atoms with Crippen molar-refractivity contribution >= 4 is 17.7 Å². The van der Waals surface area contributed by atoms with Crippen molar-refractivity contribution in [2.75, 3.05) is 5.75 Å². The molecule has 0 fully saturated rings. The Balaban J connectivity index is 2.15. The van der Waals surface area contributed by atoms with Crippen LogP contribution in [0.3, 0.4) is 0 Å². The number of hydrogen-bond acceptors (Lipinski definition) is 6. The summed E-state index contributed by atoms with van der Waals surface area (Å²) in [6.07, 6.45) is 1.50. The molecule has 0 saturated carbocycles. The molecular formula is C15H21N3O3S. The number of furan rings is 1. The number of thioether (sulfide) groups is 1. The lowest BCUT2D eigenvalue weighted by atomic mass is 10.2. The molecule has 2 aromatic rings. The van der Waals surface area contributed by atoms with Crippen molar-refractivity contribution in [1.29, 1.82) is 0 Å². The third-order valence-electron chi connectivity index (χ3n) is 2.69. The number of rotatable bonds is 7. The van der Waals surface area contributed by atoms with Crippen LogP contribution in [0.4, 0.5) is 0 Å². The van der Waals surface area contributed by atoms with Gasteiger partial charge in [0.05, 0.1) is 18.1 Å². The molecule has 120 valence electrons. The van der Waals surface area contributed by atoms with Crippen molar-refractivity contribution in [3.63, 3.8) is 0 Å². The van der Waals surface area contributed by atoms with E-state index in [1.54, 1.807) is 6.26 Å². The highest BCUT2D eigenvalue weighted by Gasteiger charge is 2.18. The molecule has 0 saturated heterocycles. The third kappa shape index (κ3) is 4.37. The van der Waals surface area contributed by atoms with Crippen molar-refractivity contribution < 1.29 is 13.9 Å². The van der Waals surface area contributed by atoms with Crippen LogP contribution in [0.25, 0.3) is 11.6 Å². The molecule has 0 aromatic carbocycles. The first kappa shape index (κ1) is 16.6. The molecule has 0 unspecified atom stereocenters. The summed E-state index contributed by atoms with van der Waals surface area (Å²) in [6.45, 7) is 8.66. The van der Waals surface area contributed by atoms with E-state index in [0.29, 0.717) is 22.7 Å². The summed E-state index contributed by atoms with van der Waals surface area (Å²) in [5.74, 6) is 1.74. The van der Waals surface area contributed by atoms with E-state index >= 15 is 0 Å². The second-order valence-electron chi connectivity index (χ2n) is 5.62. The van der Waals surface area contributed by atoms with E-state index in [1.807, 2.05) is 30.5 Å². The van der Waals surface area contributed by atoms with E-state index in [4.69, 9.17) is 9.15 Å². The molecule has 0 aliphatic rings. The maximum Gasteiger partial charge on any atom is 0.316 e. The summed E-state index contributed by atoms with van der Waals surface area (Å²) in [4.78, 5) is 11.7. The lowest BCUT2D eigenvalue weighted by Gasteiger charge is -2.11. The van der Waals surface area contributed by atoms with Gasteiger partial charge in [0, 0.05) is 6.54 Å². The molecule has 0 radical (unpaired) electrons. The second-order valence-corrected chi connectivity index (χ2v) is 6.56. The first-order chi connectivity index (χ1) is 10.5. The molecule has 6 nitrogen and oxygen atoms in total. The summed E-state index contributed by atoms with van der Waals surface area (Å²) in [7, 11) is 0. The molecular weight excluding hydrogens is 302 g/mol. The fourth-order valence-electron chi connectivity index (χ4n) is 1.93. The van der Waals surface area contributed by atoms with Crippen LogP contribution in [0.2, 0.25) is 0 Å². The fraction of sp³-hybridized carbons (Fsp3) is 0.533. The number of carbonyl (C=O) groups excluding carboxylic acids is 1. The minimum Gasteiger partial charge on any atom is -0.462 e. The summed E-state index contributed by atoms with van der Waals surface area (Å²) in [5, 5.41) is 9.08. The van der Waals surface area contributed by atoms with Gasteiger partial charge in [-0.25, -0.2) is 0 Å². The molecule has 0 spiro atoms. The molecule has 2 aromatic heterocycles. The molecule has 0 aliphatic heterocycles. The minimum absolute atomic E-state index is 0.111. The average molecular weight is 323 g/mol. The Morgan fingerprint density at radius 1 is 1.36 bits per heavy atom. The Kier molecular flexibility index (Phi) is 5.65. The van der Waals surface area contributed by atoms with E-state index in [-0.39, 0.29) is 17.8 Å². The van der Waals surface area contributed by atoms with Gasteiger partial charge < -0.3 is 9.15 Å². The van der Waals surface area contributed by atoms with Crippen LogP contribution in [0, 0.1) is 5.92 Å². The van der Waals surface area contributed by atoms with Crippen molar-refractivity contribution in [1.82, 2.24) is 14.8 Å². The number of nitrogens with zero attached hydrogens (tertiary/aromatic N) is 3. The summed E-state index contributed by atoms with van der Waals surface area (Å²) in [6, 6.07) is 3.67. The molecule has 0 amide bonds. The highest BCUT2D eigenvalue weighted by molar-refractivity contribution is 7.99. The molecule has 0 atom stereocenters. The first-order valence-electron chi connectivity index (χ1n) is 7.26. The van der Waals surface area contributed by atoms with Crippen LogP contribution in [0.1, 0.15) is 27.7 Å². The quantitative estimate of drug-likeness (QED) is 0.575. The van der Waals surface area contributed by atoms with E-state index < -0.39 is 0 Å². The Morgan fingerprint density at radius 2 is 2.14 bits per heavy atom. The Labute approximate surface area is 134 Å². The van der Waals surface area contributed by atoms with Crippen LogP contribution in [0.15, 0.2) is 28.0 Å². The predicted molar refractivity (Wildman–Crippen MR) is 84.5 cm³/mol. The lowest BCUT2D eigenvalue weighted by molar-refractivity contribution is -0.144. The molecule has 2 heterocycles.